The van der Waals surface area contributed by atoms with Gasteiger partial charge in [-0.25, -0.2) is 0 Å². The van der Waals surface area contributed by atoms with Crippen LogP contribution in [-0.2, 0) is 6.54 Å². The van der Waals surface area contributed by atoms with Gasteiger partial charge in [-0.1, -0.05) is 25.0 Å². The van der Waals surface area contributed by atoms with Crippen molar-refractivity contribution in [2.24, 2.45) is 0 Å². The molecule has 0 atom stereocenters. The highest BCUT2D eigenvalue weighted by atomic mass is 16.7. The molecule has 1 aliphatic heterocycles. The lowest BCUT2D eigenvalue weighted by molar-refractivity contribution is 0.173. The number of rotatable bonds is 8. The normalized spacial score (nSPS) is 12.9. The van der Waals surface area contributed by atoms with E-state index in [0.29, 0.717) is 13.4 Å². The molecule has 0 radical (unpaired) electrons. The molecule has 4 heteroatoms. The number of unbranched alkanes of at least 4 members (excludes halogenated alkanes) is 3. The second-order valence-corrected chi connectivity index (χ2v) is 4.47. The van der Waals surface area contributed by atoms with E-state index in [1.165, 1.54) is 6.42 Å². The van der Waals surface area contributed by atoms with E-state index in [4.69, 9.17) is 14.6 Å². The molecule has 0 unspecified atom stereocenters. The zero-order chi connectivity index (χ0) is 12.6. The molecule has 0 saturated carbocycles. The largest absolute Gasteiger partial charge is 0.454 e. The third kappa shape index (κ3) is 3.62. The first kappa shape index (κ1) is 13.2. The van der Waals surface area contributed by atoms with Gasteiger partial charge >= 0.3 is 0 Å². The minimum Gasteiger partial charge on any atom is -0.454 e. The zero-order valence-electron chi connectivity index (χ0n) is 10.7. The first-order chi connectivity index (χ1) is 8.92. The summed E-state index contributed by atoms with van der Waals surface area (Å²) in [7, 11) is 0. The predicted octanol–water partition coefficient (Wildman–Crippen LogP) is 2.06. The number of nitrogens with one attached hydrogen (secondary N) is 1. The molecule has 0 spiro atoms. The molecular formula is C14H21NO3. The molecule has 1 heterocycles. The fraction of sp³-hybridized carbons (Fsp3) is 0.571. The Morgan fingerprint density at radius 3 is 2.89 bits per heavy atom. The van der Waals surface area contributed by atoms with E-state index in [1.54, 1.807) is 0 Å². The summed E-state index contributed by atoms with van der Waals surface area (Å²) in [5.41, 5.74) is 1.15. The zero-order valence-corrected chi connectivity index (χ0v) is 10.7. The molecule has 0 saturated heterocycles. The number of para-hydroxylation sites is 1. The van der Waals surface area contributed by atoms with Gasteiger partial charge in [0, 0.05) is 18.7 Å². The van der Waals surface area contributed by atoms with Gasteiger partial charge in [-0.15, -0.1) is 0 Å². The second kappa shape index (κ2) is 7.24. The highest BCUT2D eigenvalue weighted by molar-refractivity contribution is 5.48. The average molecular weight is 251 g/mol. The Morgan fingerprint density at radius 1 is 1.11 bits per heavy atom. The Kier molecular flexibility index (Phi) is 5.30. The van der Waals surface area contributed by atoms with Crippen LogP contribution in [0.5, 0.6) is 11.5 Å². The highest BCUT2D eigenvalue weighted by Crippen LogP contribution is 2.35. The number of hydrogen-bond donors (Lipinski definition) is 2. The minimum absolute atomic E-state index is 0.306. The maximum Gasteiger partial charge on any atom is 0.231 e. The molecule has 1 aromatic carbocycles. The second-order valence-electron chi connectivity index (χ2n) is 4.47. The third-order valence-corrected chi connectivity index (χ3v) is 3.06. The van der Waals surface area contributed by atoms with Crippen molar-refractivity contribution in [3.05, 3.63) is 23.8 Å². The molecule has 4 nitrogen and oxygen atoms in total. The number of ether oxygens (including phenoxy) is 2. The van der Waals surface area contributed by atoms with Gasteiger partial charge in [-0.2, -0.15) is 0 Å². The Labute approximate surface area is 108 Å². The minimum atomic E-state index is 0.306. The first-order valence-corrected chi connectivity index (χ1v) is 6.61. The van der Waals surface area contributed by atoms with Gasteiger partial charge in [0.05, 0.1) is 0 Å². The van der Waals surface area contributed by atoms with E-state index in [-0.39, 0.29) is 0 Å². The van der Waals surface area contributed by atoms with Gasteiger partial charge < -0.3 is 19.9 Å². The number of fused-ring (bicyclic) bond motifs is 1. The van der Waals surface area contributed by atoms with E-state index >= 15 is 0 Å². The van der Waals surface area contributed by atoms with Crippen LogP contribution in [0.4, 0.5) is 0 Å². The van der Waals surface area contributed by atoms with Crippen LogP contribution < -0.4 is 14.8 Å². The SMILES string of the molecule is OCCCCCCNCc1cccc2c1OCO2. The van der Waals surface area contributed by atoms with Gasteiger partial charge in [-0.05, 0) is 25.5 Å². The van der Waals surface area contributed by atoms with Crippen molar-refractivity contribution in [3.63, 3.8) is 0 Å². The number of aliphatic hydroxyl groups excluding tert-OH is 1. The Hall–Kier alpha value is -1.26. The van der Waals surface area contributed by atoms with Gasteiger partial charge in [0.1, 0.15) is 0 Å². The molecule has 0 fully saturated rings. The van der Waals surface area contributed by atoms with Gasteiger partial charge in [0.25, 0.3) is 0 Å². The molecule has 0 aliphatic carbocycles. The highest BCUT2D eigenvalue weighted by Gasteiger charge is 2.16. The van der Waals surface area contributed by atoms with Crippen LogP contribution in [0, 0.1) is 0 Å². The fourth-order valence-electron chi connectivity index (χ4n) is 2.07. The van der Waals surface area contributed by atoms with E-state index in [1.807, 2.05) is 12.1 Å². The topological polar surface area (TPSA) is 50.7 Å². The summed E-state index contributed by atoms with van der Waals surface area (Å²) in [6.07, 6.45) is 4.33. The molecular weight excluding hydrogens is 230 g/mol. The third-order valence-electron chi connectivity index (χ3n) is 3.06. The van der Waals surface area contributed by atoms with Crippen molar-refractivity contribution < 1.29 is 14.6 Å². The Bertz CT molecular complexity index is 368. The van der Waals surface area contributed by atoms with Crippen LogP contribution in [0.15, 0.2) is 18.2 Å². The monoisotopic (exact) mass is 251 g/mol. The van der Waals surface area contributed by atoms with Crippen LogP contribution in [0.25, 0.3) is 0 Å². The van der Waals surface area contributed by atoms with Crippen molar-refractivity contribution in [1.82, 2.24) is 5.32 Å². The lowest BCUT2D eigenvalue weighted by Gasteiger charge is -2.07. The van der Waals surface area contributed by atoms with Crippen molar-refractivity contribution in [2.45, 2.75) is 32.2 Å². The molecule has 100 valence electrons. The summed E-state index contributed by atoms with van der Waals surface area (Å²) in [6.45, 7) is 2.44. The Morgan fingerprint density at radius 2 is 2.00 bits per heavy atom. The van der Waals surface area contributed by atoms with Crippen molar-refractivity contribution >= 4 is 0 Å². The van der Waals surface area contributed by atoms with Gasteiger partial charge in [0.15, 0.2) is 11.5 Å². The summed E-state index contributed by atoms with van der Waals surface area (Å²) in [5.74, 6) is 1.72. The predicted molar refractivity (Wildman–Crippen MR) is 69.8 cm³/mol. The molecule has 0 aromatic heterocycles. The molecule has 0 bridgehead atoms. The number of aliphatic hydroxyl groups is 1. The summed E-state index contributed by atoms with van der Waals surface area (Å²) in [5, 5.41) is 12.1. The molecule has 2 N–H and O–H groups in total. The molecule has 1 aliphatic rings. The van der Waals surface area contributed by atoms with Crippen molar-refractivity contribution in [3.8, 4) is 11.5 Å². The lowest BCUT2D eigenvalue weighted by Crippen LogP contribution is -2.15. The number of hydrogen-bond acceptors (Lipinski definition) is 4. The Balaban J connectivity index is 1.66. The van der Waals surface area contributed by atoms with Crippen molar-refractivity contribution in [2.75, 3.05) is 19.9 Å². The maximum atomic E-state index is 8.67. The van der Waals surface area contributed by atoms with Crippen LogP contribution in [0.2, 0.25) is 0 Å². The van der Waals surface area contributed by atoms with E-state index in [2.05, 4.69) is 11.4 Å². The van der Waals surface area contributed by atoms with Crippen LogP contribution in [0.3, 0.4) is 0 Å². The average Bonchev–Trinajstić information content (AvgIpc) is 2.86. The summed E-state index contributed by atoms with van der Waals surface area (Å²) < 4.78 is 10.8. The molecule has 0 amide bonds. The number of benzene rings is 1. The summed E-state index contributed by atoms with van der Waals surface area (Å²) >= 11 is 0. The quantitative estimate of drug-likeness (QED) is 0.694. The van der Waals surface area contributed by atoms with E-state index in [0.717, 1.165) is 49.4 Å². The maximum absolute atomic E-state index is 8.67. The standard InChI is InChI=1S/C14H21NO3/c16-9-4-2-1-3-8-15-10-12-6-5-7-13-14(12)18-11-17-13/h5-7,15-16H,1-4,8-11H2. The summed E-state index contributed by atoms with van der Waals surface area (Å²) in [6, 6.07) is 5.98. The van der Waals surface area contributed by atoms with Crippen LogP contribution >= 0.6 is 0 Å². The lowest BCUT2D eigenvalue weighted by atomic mass is 10.1. The van der Waals surface area contributed by atoms with Crippen LogP contribution in [0.1, 0.15) is 31.2 Å². The van der Waals surface area contributed by atoms with E-state index in [9.17, 15) is 0 Å². The summed E-state index contributed by atoms with van der Waals surface area (Å²) in [4.78, 5) is 0. The van der Waals surface area contributed by atoms with Crippen molar-refractivity contribution in [1.29, 1.82) is 0 Å². The van der Waals surface area contributed by atoms with Gasteiger partial charge in [-0.3, -0.25) is 0 Å². The molecule has 18 heavy (non-hydrogen) atoms. The van der Waals surface area contributed by atoms with E-state index < -0.39 is 0 Å². The molecule has 2 rings (SSSR count). The molecule has 1 aromatic rings. The van der Waals surface area contributed by atoms with Crippen LogP contribution in [-0.4, -0.2) is 25.1 Å². The first-order valence-electron chi connectivity index (χ1n) is 6.61. The van der Waals surface area contributed by atoms with Gasteiger partial charge in [0.2, 0.25) is 6.79 Å². The smallest absolute Gasteiger partial charge is 0.231 e. The fourth-order valence-corrected chi connectivity index (χ4v) is 2.07.